The van der Waals surface area contributed by atoms with Gasteiger partial charge in [0.15, 0.2) is 0 Å². The molecule has 0 fully saturated rings. The Morgan fingerprint density at radius 2 is 2.50 bits per heavy atom. The van der Waals surface area contributed by atoms with Gasteiger partial charge in [0, 0.05) is 24.5 Å². The molecule has 0 aliphatic rings. The van der Waals surface area contributed by atoms with Crippen LogP contribution in [0.2, 0.25) is 0 Å². The lowest BCUT2D eigenvalue weighted by Gasteiger charge is -2.09. The van der Waals surface area contributed by atoms with Gasteiger partial charge in [0.1, 0.15) is 0 Å². The van der Waals surface area contributed by atoms with Crippen LogP contribution < -0.4 is 5.32 Å². The predicted molar refractivity (Wildman–Crippen MR) is 55.0 cm³/mol. The Bertz CT molecular complexity index is 424. The Balaban J connectivity index is 2.33. The summed E-state index contributed by atoms with van der Waals surface area (Å²) in [5.74, 6) is 0. The van der Waals surface area contributed by atoms with E-state index >= 15 is 0 Å². The molecule has 0 spiro atoms. The second-order valence-corrected chi connectivity index (χ2v) is 3.25. The van der Waals surface area contributed by atoms with Crippen molar-refractivity contribution in [3.05, 3.63) is 30.1 Å². The molecule has 0 saturated carbocycles. The van der Waals surface area contributed by atoms with Crippen molar-refractivity contribution in [2.45, 2.75) is 6.10 Å². The summed E-state index contributed by atoms with van der Waals surface area (Å²) in [4.78, 5) is 7.29. The number of fused-ring (bicyclic) bond motifs is 1. The van der Waals surface area contributed by atoms with E-state index < -0.39 is 6.10 Å². The van der Waals surface area contributed by atoms with Crippen LogP contribution in [0, 0.1) is 0 Å². The summed E-state index contributed by atoms with van der Waals surface area (Å²) in [6.45, 7) is 0.536. The van der Waals surface area contributed by atoms with Crippen molar-refractivity contribution < 1.29 is 5.11 Å². The highest BCUT2D eigenvalue weighted by atomic mass is 16.3. The van der Waals surface area contributed by atoms with E-state index in [2.05, 4.69) is 15.3 Å². The van der Waals surface area contributed by atoms with Gasteiger partial charge in [0.2, 0.25) is 0 Å². The fraction of sp³-hybridized carbons (Fsp3) is 0.300. The summed E-state index contributed by atoms with van der Waals surface area (Å²) in [6, 6.07) is 3.83. The molecule has 1 unspecified atom stereocenters. The van der Waals surface area contributed by atoms with E-state index in [9.17, 15) is 5.11 Å². The second kappa shape index (κ2) is 3.77. The van der Waals surface area contributed by atoms with Gasteiger partial charge in [-0.05, 0) is 19.2 Å². The first-order valence-corrected chi connectivity index (χ1v) is 4.57. The van der Waals surface area contributed by atoms with Crippen LogP contribution in [0.3, 0.4) is 0 Å². The fourth-order valence-electron chi connectivity index (χ4n) is 1.44. The fourth-order valence-corrected chi connectivity index (χ4v) is 1.44. The molecule has 2 aromatic heterocycles. The van der Waals surface area contributed by atoms with Crippen molar-refractivity contribution in [3.8, 4) is 0 Å². The molecule has 14 heavy (non-hydrogen) atoms. The lowest BCUT2D eigenvalue weighted by molar-refractivity contribution is 0.177. The number of hydrogen-bond acceptors (Lipinski definition) is 3. The third-order valence-corrected chi connectivity index (χ3v) is 2.20. The zero-order chi connectivity index (χ0) is 9.97. The predicted octanol–water partition coefficient (Wildman–Crippen LogP) is 0.816. The molecule has 4 heteroatoms. The second-order valence-electron chi connectivity index (χ2n) is 3.25. The summed E-state index contributed by atoms with van der Waals surface area (Å²) >= 11 is 0. The highest BCUT2D eigenvalue weighted by molar-refractivity contribution is 5.75. The number of aliphatic hydroxyl groups excluding tert-OH is 1. The minimum Gasteiger partial charge on any atom is -0.387 e. The first-order chi connectivity index (χ1) is 6.81. The van der Waals surface area contributed by atoms with Crippen molar-refractivity contribution in [3.63, 3.8) is 0 Å². The van der Waals surface area contributed by atoms with Gasteiger partial charge >= 0.3 is 0 Å². The maximum absolute atomic E-state index is 9.70. The molecule has 0 bridgehead atoms. The number of rotatable bonds is 3. The Kier molecular flexibility index (Phi) is 2.47. The van der Waals surface area contributed by atoms with E-state index in [1.807, 2.05) is 25.4 Å². The topological polar surface area (TPSA) is 60.9 Å². The van der Waals surface area contributed by atoms with Crippen molar-refractivity contribution in [2.24, 2.45) is 0 Å². The summed E-state index contributed by atoms with van der Waals surface area (Å²) in [5.41, 5.74) is 2.71. The van der Waals surface area contributed by atoms with Crippen LogP contribution in [0.4, 0.5) is 0 Å². The number of nitrogens with one attached hydrogen (secondary N) is 2. The molecule has 0 saturated heterocycles. The number of aliphatic hydroxyl groups is 1. The summed E-state index contributed by atoms with van der Waals surface area (Å²) in [6.07, 6.45) is 3.05. The average molecular weight is 191 g/mol. The smallest absolute Gasteiger partial charge is 0.0929 e. The quantitative estimate of drug-likeness (QED) is 0.673. The van der Waals surface area contributed by atoms with Gasteiger partial charge in [-0.15, -0.1) is 0 Å². The Morgan fingerprint density at radius 3 is 3.29 bits per heavy atom. The first-order valence-electron chi connectivity index (χ1n) is 4.57. The number of likely N-dealkylation sites (N-methyl/N-ethyl adjacent to an activating group) is 1. The van der Waals surface area contributed by atoms with Crippen LogP contribution in [0.25, 0.3) is 11.0 Å². The molecule has 3 N–H and O–H groups in total. The van der Waals surface area contributed by atoms with Gasteiger partial charge in [-0.2, -0.15) is 0 Å². The van der Waals surface area contributed by atoms with Crippen LogP contribution in [0.5, 0.6) is 0 Å². The Labute approximate surface area is 82.0 Å². The molecule has 1 atom stereocenters. The third-order valence-electron chi connectivity index (χ3n) is 2.20. The lowest BCUT2D eigenvalue weighted by atomic mass is 10.1. The molecular formula is C10H13N3O. The van der Waals surface area contributed by atoms with E-state index in [4.69, 9.17) is 0 Å². The Morgan fingerprint density at radius 1 is 1.64 bits per heavy atom. The highest BCUT2D eigenvalue weighted by Crippen LogP contribution is 2.16. The van der Waals surface area contributed by atoms with Gasteiger partial charge < -0.3 is 15.4 Å². The van der Waals surface area contributed by atoms with Crippen molar-refractivity contribution in [2.75, 3.05) is 13.6 Å². The van der Waals surface area contributed by atoms with E-state index in [-0.39, 0.29) is 0 Å². The van der Waals surface area contributed by atoms with E-state index in [1.165, 1.54) is 0 Å². The lowest BCUT2D eigenvalue weighted by Crippen LogP contribution is -2.16. The van der Waals surface area contributed by atoms with Crippen LogP contribution in [0.1, 0.15) is 11.7 Å². The molecular weight excluding hydrogens is 178 g/mol. The molecule has 0 radical (unpaired) electrons. The molecule has 4 nitrogen and oxygen atoms in total. The normalized spacial score (nSPS) is 13.3. The number of aromatic amines is 1. The van der Waals surface area contributed by atoms with Gasteiger partial charge in [0.05, 0.1) is 17.1 Å². The third kappa shape index (κ3) is 1.62. The van der Waals surface area contributed by atoms with E-state index in [0.717, 1.165) is 16.6 Å². The molecule has 0 amide bonds. The van der Waals surface area contributed by atoms with Crippen molar-refractivity contribution in [1.82, 2.24) is 15.3 Å². The van der Waals surface area contributed by atoms with Gasteiger partial charge in [0.25, 0.3) is 0 Å². The van der Waals surface area contributed by atoms with E-state index in [0.29, 0.717) is 6.54 Å². The van der Waals surface area contributed by atoms with Crippen LogP contribution in [-0.4, -0.2) is 28.7 Å². The number of H-pyrrole nitrogens is 1. The molecule has 2 heterocycles. The molecule has 0 aliphatic carbocycles. The summed E-state index contributed by atoms with van der Waals surface area (Å²) < 4.78 is 0. The molecule has 0 aromatic carbocycles. The Hall–Kier alpha value is -1.39. The van der Waals surface area contributed by atoms with Crippen LogP contribution >= 0.6 is 0 Å². The number of nitrogens with zero attached hydrogens (tertiary/aromatic N) is 1. The molecule has 0 aliphatic heterocycles. The minimum absolute atomic E-state index is 0.500. The molecule has 2 rings (SSSR count). The molecule has 74 valence electrons. The average Bonchev–Trinajstić information content (AvgIpc) is 2.64. The number of hydrogen-bond donors (Lipinski definition) is 3. The van der Waals surface area contributed by atoms with Crippen molar-refractivity contribution >= 4 is 11.0 Å². The molecule has 2 aromatic rings. The highest BCUT2D eigenvalue weighted by Gasteiger charge is 2.07. The maximum atomic E-state index is 9.70. The maximum Gasteiger partial charge on any atom is 0.0929 e. The summed E-state index contributed by atoms with van der Waals surface area (Å²) in [7, 11) is 1.81. The monoisotopic (exact) mass is 191 g/mol. The van der Waals surface area contributed by atoms with Crippen molar-refractivity contribution in [1.29, 1.82) is 0 Å². The largest absolute Gasteiger partial charge is 0.387 e. The standard InChI is InChI=1S/C10H13N3O/c1-11-6-10(14)7-4-9-8(13-5-7)2-3-12-9/h2-5,10-12,14H,6H2,1H3. The van der Waals surface area contributed by atoms with Gasteiger partial charge in [-0.1, -0.05) is 0 Å². The van der Waals surface area contributed by atoms with E-state index in [1.54, 1.807) is 6.20 Å². The number of aromatic nitrogens is 2. The van der Waals surface area contributed by atoms with Crippen LogP contribution in [-0.2, 0) is 0 Å². The summed E-state index contributed by atoms with van der Waals surface area (Å²) in [5, 5.41) is 12.6. The first kappa shape index (κ1) is 9.18. The zero-order valence-corrected chi connectivity index (χ0v) is 7.99. The SMILES string of the molecule is CNCC(O)c1cnc2cc[nH]c2c1. The van der Waals surface area contributed by atoms with Gasteiger partial charge in [-0.3, -0.25) is 4.98 Å². The zero-order valence-electron chi connectivity index (χ0n) is 7.99. The minimum atomic E-state index is -0.500. The number of pyridine rings is 1. The van der Waals surface area contributed by atoms with Gasteiger partial charge in [-0.25, -0.2) is 0 Å². The van der Waals surface area contributed by atoms with Crippen LogP contribution in [0.15, 0.2) is 24.5 Å².